The molecule has 0 fully saturated rings. The van der Waals surface area contributed by atoms with Crippen LogP contribution in [0, 0.1) is 0 Å². The fourth-order valence-corrected chi connectivity index (χ4v) is 3.04. The van der Waals surface area contributed by atoms with E-state index in [1.54, 1.807) is 24.3 Å². The van der Waals surface area contributed by atoms with E-state index in [4.69, 9.17) is 4.74 Å². The monoisotopic (exact) mass is 393 g/mol. The number of hydrogen-bond donors (Lipinski definition) is 0. The van der Waals surface area contributed by atoms with E-state index in [1.165, 1.54) is 21.9 Å². The second-order valence-corrected chi connectivity index (χ2v) is 6.67. The summed E-state index contributed by atoms with van der Waals surface area (Å²) in [6.07, 6.45) is 0.737. The summed E-state index contributed by atoms with van der Waals surface area (Å²) in [6, 6.07) is 8.18. The molecule has 0 radical (unpaired) electrons. The number of carbonyl (C=O) groups is 1. The topological polar surface area (TPSA) is 73.6 Å². The highest BCUT2D eigenvalue weighted by Crippen LogP contribution is 2.14. The van der Waals surface area contributed by atoms with Gasteiger partial charge in [-0.1, -0.05) is 34.2 Å². The number of nitrogens with zero attached hydrogens (tertiary/aromatic N) is 3. The van der Waals surface area contributed by atoms with E-state index in [0.29, 0.717) is 16.2 Å². The van der Waals surface area contributed by atoms with Gasteiger partial charge in [0, 0.05) is 10.5 Å². The van der Waals surface area contributed by atoms with Gasteiger partial charge < -0.3 is 4.74 Å². The van der Waals surface area contributed by atoms with E-state index >= 15 is 0 Å². The van der Waals surface area contributed by atoms with Crippen LogP contribution in [-0.2, 0) is 17.8 Å². The summed E-state index contributed by atoms with van der Waals surface area (Å²) in [6.45, 7) is 1.91. The number of aromatic nitrogens is 3. The number of aryl methyl sites for hydroxylation is 1. The Kier molecular flexibility index (Phi) is 4.53. The first-order chi connectivity index (χ1) is 11.1. The smallest absolute Gasteiger partial charge is 0.338 e. The van der Waals surface area contributed by atoms with E-state index in [9.17, 15) is 9.59 Å². The average Bonchev–Trinajstić information content (AvgIpc) is 2.97. The Bertz CT molecular complexity index is 918. The fraction of sp³-hybridized carbons (Fsp3) is 0.200. The average molecular weight is 394 g/mol. The van der Waals surface area contributed by atoms with E-state index in [0.717, 1.165) is 15.9 Å². The van der Waals surface area contributed by atoms with Crippen LogP contribution in [0.25, 0.3) is 4.96 Å². The maximum Gasteiger partial charge on any atom is 0.338 e. The largest absolute Gasteiger partial charge is 0.456 e. The lowest BCUT2D eigenvalue weighted by atomic mass is 10.2. The van der Waals surface area contributed by atoms with Crippen LogP contribution in [0.5, 0.6) is 0 Å². The van der Waals surface area contributed by atoms with Crippen LogP contribution in [0.2, 0.25) is 0 Å². The predicted molar refractivity (Wildman–Crippen MR) is 89.8 cm³/mol. The van der Waals surface area contributed by atoms with Crippen LogP contribution in [-0.4, -0.2) is 20.6 Å². The predicted octanol–water partition coefficient (Wildman–Crippen LogP) is 2.83. The molecule has 2 heterocycles. The van der Waals surface area contributed by atoms with E-state index < -0.39 is 5.97 Å². The van der Waals surface area contributed by atoms with Crippen molar-refractivity contribution in [2.24, 2.45) is 0 Å². The third kappa shape index (κ3) is 3.48. The van der Waals surface area contributed by atoms with Crippen LogP contribution in [0.4, 0.5) is 0 Å². The Morgan fingerprint density at radius 2 is 2.09 bits per heavy atom. The molecule has 0 aliphatic rings. The molecule has 8 heteroatoms. The molecule has 0 atom stereocenters. The zero-order valence-corrected chi connectivity index (χ0v) is 14.6. The molecule has 3 rings (SSSR count). The number of esters is 1. The van der Waals surface area contributed by atoms with Crippen LogP contribution < -0.4 is 5.56 Å². The molecule has 3 aromatic rings. The van der Waals surface area contributed by atoms with Crippen molar-refractivity contribution in [1.29, 1.82) is 0 Å². The first-order valence-electron chi connectivity index (χ1n) is 6.88. The summed E-state index contributed by atoms with van der Waals surface area (Å²) in [5, 5.41) is 5.00. The number of carbonyl (C=O) groups excluding carboxylic acids is 1. The number of hydrogen-bond acceptors (Lipinski definition) is 6. The molecule has 1 aromatic carbocycles. The highest BCUT2D eigenvalue weighted by atomic mass is 79.9. The number of fused-ring (bicyclic) bond motifs is 1. The molecule has 0 aliphatic heterocycles. The lowest BCUT2D eigenvalue weighted by Crippen LogP contribution is -2.16. The van der Waals surface area contributed by atoms with Gasteiger partial charge in [-0.05, 0) is 30.7 Å². The first kappa shape index (κ1) is 15.8. The molecular formula is C15H12BrN3O3S. The van der Waals surface area contributed by atoms with Crippen molar-refractivity contribution < 1.29 is 9.53 Å². The van der Waals surface area contributed by atoms with Crippen molar-refractivity contribution in [2.75, 3.05) is 0 Å². The second-order valence-electron chi connectivity index (χ2n) is 4.71. The number of rotatable bonds is 4. The molecule has 0 bridgehead atoms. The molecule has 6 nitrogen and oxygen atoms in total. The Hall–Kier alpha value is -2.06. The maximum absolute atomic E-state index is 12.0. The number of benzene rings is 1. The van der Waals surface area contributed by atoms with E-state index in [-0.39, 0.29) is 12.2 Å². The van der Waals surface area contributed by atoms with Crippen LogP contribution in [0.15, 0.2) is 39.6 Å². The Labute approximate surface area is 143 Å². The molecule has 0 saturated carbocycles. The van der Waals surface area contributed by atoms with Gasteiger partial charge >= 0.3 is 5.97 Å². The van der Waals surface area contributed by atoms with Crippen molar-refractivity contribution in [2.45, 2.75) is 20.0 Å². The van der Waals surface area contributed by atoms with E-state index in [1.807, 2.05) is 6.92 Å². The zero-order valence-electron chi connectivity index (χ0n) is 12.2. The normalized spacial score (nSPS) is 10.9. The maximum atomic E-state index is 12.0. The third-order valence-corrected chi connectivity index (χ3v) is 4.65. The molecule has 23 heavy (non-hydrogen) atoms. The number of ether oxygens (including phenoxy) is 1. The Morgan fingerprint density at radius 1 is 1.35 bits per heavy atom. The SMILES string of the molecule is CCc1nn2c(=O)cc(COC(=O)c3ccc(Br)cc3)nc2s1. The fourth-order valence-electron chi connectivity index (χ4n) is 1.92. The zero-order chi connectivity index (χ0) is 16.4. The summed E-state index contributed by atoms with van der Waals surface area (Å²) >= 11 is 4.66. The minimum atomic E-state index is -0.460. The lowest BCUT2D eigenvalue weighted by Gasteiger charge is -2.04. The van der Waals surface area contributed by atoms with Gasteiger partial charge in [-0.2, -0.15) is 9.61 Å². The quantitative estimate of drug-likeness (QED) is 0.637. The van der Waals surface area contributed by atoms with Crippen molar-refractivity contribution in [3.8, 4) is 0 Å². The Morgan fingerprint density at radius 3 is 2.78 bits per heavy atom. The minimum Gasteiger partial charge on any atom is -0.456 e. The van der Waals surface area contributed by atoms with Crippen LogP contribution in [0.3, 0.4) is 0 Å². The van der Waals surface area contributed by atoms with E-state index in [2.05, 4.69) is 26.0 Å². The highest BCUT2D eigenvalue weighted by Gasteiger charge is 2.11. The standard InChI is InChI=1S/C15H12BrN3O3S/c1-2-12-18-19-13(20)7-11(17-15(19)23-12)8-22-14(21)9-3-5-10(16)6-4-9/h3-7H,2,8H2,1H3. The van der Waals surface area contributed by atoms with Gasteiger partial charge in [0.05, 0.1) is 11.3 Å². The van der Waals surface area contributed by atoms with Crippen molar-refractivity contribution >= 4 is 38.2 Å². The summed E-state index contributed by atoms with van der Waals surface area (Å²) in [7, 11) is 0. The van der Waals surface area contributed by atoms with Gasteiger partial charge in [0.15, 0.2) is 0 Å². The second kappa shape index (κ2) is 6.59. The summed E-state index contributed by atoms with van der Waals surface area (Å²) < 4.78 is 7.36. The molecule has 2 aromatic heterocycles. The molecule has 118 valence electrons. The summed E-state index contributed by atoms with van der Waals surface area (Å²) in [5.74, 6) is -0.460. The van der Waals surface area contributed by atoms with Crippen molar-refractivity contribution in [3.05, 3.63) is 61.4 Å². The molecular weight excluding hydrogens is 382 g/mol. The van der Waals surface area contributed by atoms with Crippen LogP contribution >= 0.6 is 27.3 Å². The summed E-state index contributed by atoms with van der Waals surface area (Å²) in [4.78, 5) is 28.8. The van der Waals surface area contributed by atoms with Crippen LogP contribution in [0.1, 0.15) is 28.0 Å². The van der Waals surface area contributed by atoms with Gasteiger partial charge in [0.2, 0.25) is 4.96 Å². The minimum absolute atomic E-state index is 0.0556. The highest BCUT2D eigenvalue weighted by molar-refractivity contribution is 9.10. The number of halogens is 1. The van der Waals surface area contributed by atoms with Gasteiger partial charge in [-0.15, -0.1) is 0 Å². The van der Waals surface area contributed by atoms with Crippen molar-refractivity contribution in [1.82, 2.24) is 14.6 Å². The first-order valence-corrected chi connectivity index (χ1v) is 8.49. The molecule has 0 aliphatic carbocycles. The van der Waals surface area contributed by atoms with Gasteiger partial charge in [0.1, 0.15) is 11.6 Å². The molecule has 0 spiro atoms. The van der Waals surface area contributed by atoms with Gasteiger partial charge in [-0.3, -0.25) is 4.79 Å². The van der Waals surface area contributed by atoms with Gasteiger partial charge in [0.25, 0.3) is 5.56 Å². The molecule has 0 N–H and O–H groups in total. The molecule has 0 saturated heterocycles. The third-order valence-electron chi connectivity index (χ3n) is 3.07. The van der Waals surface area contributed by atoms with Gasteiger partial charge in [-0.25, -0.2) is 9.78 Å². The molecule has 0 unspecified atom stereocenters. The lowest BCUT2D eigenvalue weighted by molar-refractivity contribution is 0.0467. The Balaban J connectivity index is 1.77. The summed E-state index contributed by atoms with van der Waals surface area (Å²) in [5.41, 5.74) is 0.574. The van der Waals surface area contributed by atoms with Crippen molar-refractivity contribution in [3.63, 3.8) is 0 Å². The molecule has 0 amide bonds.